The molecule has 1 fully saturated rings. The summed E-state index contributed by atoms with van der Waals surface area (Å²) in [5, 5.41) is 2.84. The van der Waals surface area contributed by atoms with E-state index in [9.17, 15) is 13.2 Å². The zero-order chi connectivity index (χ0) is 15.6. The third-order valence-corrected chi connectivity index (χ3v) is 5.97. The van der Waals surface area contributed by atoms with E-state index in [2.05, 4.69) is 23.5 Å². The summed E-state index contributed by atoms with van der Waals surface area (Å²) in [5.41, 5.74) is 2.46. The molecule has 1 atom stereocenters. The van der Waals surface area contributed by atoms with Gasteiger partial charge in [-0.3, -0.25) is 0 Å². The highest BCUT2D eigenvalue weighted by molar-refractivity contribution is 7.91. The summed E-state index contributed by atoms with van der Waals surface area (Å²) in [6, 6.07) is 9.76. The molecule has 0 spiro atoms. The van der Waals surface area contributed by atoms with Crippen LogP contribution in [0.2, 0.25) is 0 Å². The maximum atomic E-state index is 12.2. The third kappa shape index (κ3) is 3.50. The van der Waals surface area contributed by atoms with Gasteiger partial charge in [-0.2, -0.15) is 0 Å². The first kappa shape index (κ1) is 15.1. The average Bonchev–Trinajstić information content (AvgIpc) is 2.87. The highest BCUT2D eigenvalue weighted by atomic mass is 32.2. The van der Waals surface area contributed by atoms with Gasteiger partial charge < -0.3 is 10.2 Å². The summed E-state index contributed by atoms with van der Waals surface area (Å²) in [5.74, 6) is 0.244. The molecule has 5 nitrogen and oxygen atoms in total. The van der Waals surface area contributed by atoms with Crippen molar-refractivity contribution in [1.29, 1.82) is 0 Å². The van der Waals surface area contributed by atoms with E-state index in [1.54, 1.807) is 4.90 Å². The van der Waals surface area contributed by atoms with E-state index in [4.69, 9.17) is 0 Å². The number of carbonyl (C=O) groups excluding carboxylic acids is 1. The lowest BCUT2D eigenvalue weighted by Gasteiger charge is -2.28. The zero-order valence-corrected chi connectivity index (χ0v) is 13.2. The molecule has 0 bridgehead atoms. The summed E-state index contributed by atoms with van der Waals surface area (Å²) < 4.78 is 22.8. The van der Waals surface area contributed by atoms with Gasteiger partial charge in [-0.1, -0.05) is 36.4 Å². The van der Waals surface area contributed by atoms with Crippen molar-refractivity contribution in [2.24, 2.45) is 0 Å². The van der Waals surface area contributed by atoms with Crippen LogP contribution in [-0.2, 0) is 9.84 Å². The number of nitrogens with one attached hydrogen (secondary N) is 1. The van der Waals surface area contributed by atoms with Crippen LogP contribution in [0, 0.1) is 0 Å². The number of rotatable bonds is 2. The fourth-order valence-electron chi connectivity index (χ4n) is 2.94. The minimum atomic E-state index is -2.96. The first-order chi connectivity index (χ1) is 10.5. The van der Waals surface area contributed by atoms with Gasteiger partial charge in [0.2, 0.25) is 0 Å². The van der Waals surface area contributed by atoms with Crippen LogP contribution in [0.15, 0.2) is 36.4 Å². The molecule has 2 amide bonds. The Bertz CT molecular complexity index is 683. The van der Waals surface area contributed by atoms with Crippen LogP contribution in [0.5, 0.6) is 0 Å². The number of sulfone groups is 1. The van der Waals surface area contributed by atoms with E-state index in [0.717, 1.165) is 6.42 Å². The van der Waals surface area contributed by atoms with Crippen molar-refractivity contribution in [2.75, 3.05) is 24.6 Å². The van der Waals surface area contributed by atoms with E-state index in [1.165, 1.54) is 11.1 Å². The van der Waals surface area contributed by atoms with Crippen molar-refractivity contribution in [2.45, 2.75) is 18.9 Å². The standard InChI is InChI=1S/C16H20N2O3S/c19-16(17-15-8-11-22(20,21)12-15)18-9-6-14(7-10-18)13-4-2-1-3-5-13/h1-6,15H,7-12H2,(H,17,19). The fraction of sp³-hybridized carbons (Fsp3) is 0.438. The van der Waals surface area contributed by atoms with Gasteiger partial charge in [-0.25, -0.2) is 13.2 Å². The molecule has 2 aliphatic heterocycles. The van der Waals surface area contributed by atoms with Gasteiger partial charge in [0.15, 0.2) is 9.84 Å². The molecular formula is C16H20N2O3S. The van der Waals surface area contributed by atoms with E-state index < -0.39 is 9.84 Å². The summed E-state index contributed by atoms with van der Waals surface area (Å²) in [4.78, 5) is 13.9. The summed E-state index contributed by atoms with van der Waals surface area (Å²) in [7, 11) is -2.96. The van der Waals surface area contributed by atoms with Crippen molar-refractivity contribution in [1.82, 2.24) is 10.2 Å². The average molecular weight is 320 g/mol. The van der Waals surface area contributed by atoms with Crippen LogP contribution in [0.3, 0.4) is 0 Å². The van der Waals surface area contributed by atoms with E-state index >= 15 is 0 Å². The summed E-state index contributed by atoms with van der Waals surface area (Å²) in [6.07, 6.45) is 3.41. The predicted molar refractivity (Wildman–Crippen MR) is 86.2 cm³/mol. The molecule has 0 radical (unpaired) electrons. The largest absolute Gasteiger partial charge is 0.334 e. The molecule has 118 valence electrons. The number of nitrogens with zero attached hydrogens (tertiary/aromatic N) is 1. The van der Waals surface area contributed by atoms with Gasteiger partial charge in [0.05, 0.1) is 11.5 Å². The Kier molecular flexibility index (Phi) is 4.20. The molecule has 22 heavy (non-hydrogen) atoms. The molecular weight excluding hydrogens is 300 g/mol. The number of amides is 2. The fourth-order valence-corrected chi connectivity index (χ4v) is 4.62. The maximum absolute atomic E-state index is 12.2. The van der Waals surface area contributed by atoms with Gasteiger partial charge in [-0.05, 0) is 24.0 Å². The number of hydrogen-bond donors (Lipinski definition) is 1. The Balaban J connectivity index is 1.57. The monoisotopic (exact) mass is 320 g/mol. The highest BCUT2D eigenvalue weighted by Gasteiger charge is 2.30. The van der Waals surface area contributed by atoms with Crippen LogP contribution in [0.25, 0.3) is 5.57 Å². The molecule has 2 aliphatic rings. The van der Waals surface area contributed by atoms with E-state index in [1.807, 2.05) is 18.2 Å². The Morgan fingerprint density at radius 2 is 2.00 bits per heavy atom. The normalized spacial score (nSPS) is 23.9. The second-order valence-corrected chi connectivity index (χ2v) is 8.07. The molecule has 1 aromatic carbocycles. The highest BCUT2D eigenvalue weighted by Crippen LogP contribution is 2.22. The van der Waals surface area contributed by atoms with Gasteiger partial charge in [-0.15, -0.1) is 0 Å². The predicted octanol–water partition coefficient (Wildman–Crippen LogP) is 1.67. The smallest absolute Gasteiger partial charge is 0.317 e. The van der Waals surface area contributed by atoms with Gasteiger partial charge in [0, 0.05) is 19.1 Å². The molecule has 3 rings (SSSR count). The second-order valence-electron chi connectivity index (χ2n) is 5.84. The molecule has 0 aliphatic carbocycles. The van der Waals surface area contributed by atoms with Crippen LogP contribution in [0.1, 0.15) is 18.4 Å². The SMILES string of the molecule is O=C(NC1CCS(=O)(=O)C1)N1CC=C(c2ccccc2)CC1. The quantitative estimate of drug-likeness (QED) is 0.901. The van der Waals surface area contributed by atoms with Gasteiger partial charge in [0.25, 0.3) is 0 Å². The zero-order valence-electron chi connectivity index (χ0n) is 12.4. The second kappa shape index (κ2) is 6.12. The Hall–Kier alpha value is -1.82. The van der Waals surface area contributed by atoms with Gasteiger partial charge >= 0.3 is 6.03 Å². The topological polar surface area (TPSA) is 66.5 Å². The Labute approximate surface area is 130 Å². The van der Waals surface area contributed by atoms with Crippen LogP contribution in [0.4, 0.5) is 4.79 Å². The minimum absolute atomic E-state index is 0.0671. The third-order valence-electron chi connectivity index (χ3n) is 4.20. The van der Waals surface area contributed by atoms with E-state index in [0.29, 0.717) is 19.5 Å². The molecule has 1 N–H and O–H groups in total. The molecule has 2 heterocycles. The van der Waals surface area contributed by atoms with Crippen LogP contribution < -0.4 is 5.32 Å². The molecule has 0 aromatic heterocycles. The Morgan fingerprint density at radius 3 is 2.59 bits per heavy atom. The van der Waals surface area contributed by atoms with Crippen molar-refractivity contribution >= 4 is 21.4 Å². The van der Waals surface area contributed by atoms with Crippen LogP contribution in [-0.4, -0.2) is 50.0 Å². The van der Waals surface area contributed by atoms with Crippen molar-refractivity contribution in [3.05, 3.63) is 42.0 Å². The lowest BCUT2D eigenvalue weighted by atomic mass is 10.00. The summed E-state index contributed by atoms with van der Waals surface area (Å²) in [6.45, 7) is 1.22. The van der Waals surface area contributed by atoms with E-state index in [-0.39, 0.29) is 23.6 Å². The summed E-state index contributed by atoms with van der Waals surface area (Å²) >= 11 is 0. The first-order valence-electron chi connectivity index (χ1n) is 7.54. The number of carbonyl (C=O) groups is 1. The number of benzene rings is 1. The molecule has 0 saturated carbocycles. The molecule has 6 heteroatoms. The lowest BCUT2D eigenvalue weighted by molar-refractivity contribution is 0.200. The molecule has 1 aromatic rings. The van der Waals surface area contributed by atoms with Crippen molar-refractivity contribution in [3.63, 3.8) is 0 Å². The maximum Gasteiger partial charge on any atom is 0.317 e. The number of hydrogen-bond acceptors (Lipinski definition) is 3. The minimum Gasteiger partial charge on any atom is -0.334 e. The lowest BCUT2D eigenvalue weighted by Crippen LogP contribution is -2.46. The first-order valence-corrected chi connectivity index (χ1v) is 9.36. The number of urea groups is 1. The molecule has 1 unspecified atom stereocenters. The van der Waals surface area contributed by atoms with Crippen LogP contribution >= 0.6 is 0 Å². The van der Waals surface area contributed by atoms with Crippen molar-refractivity contribution < 1.29 is 13.2 Å². The van der Waals surface area contributed by atoms with Crippen molar-refractivity contribution in [3.8, 4) is 0 Å². The Morgan fingerprint density at radius 1 is 1.23 bits per heavy atom. The molecule has 1 saturated heterocycles. The van der Waals surface area contributed by atoms with Gasteiger partial charge in [0.1, 0.15) is 0 Å².